The first-order valence-electron chi connectivity index (χ1n) is 7.21. The maximum absolute atomic E-state index is 12.1. The predicted molar refractivity (Wildman–Crippen MR) is 95.0 cm³/mol. The lowest BCUT2D eigenvalue weighted by Gasteiger charge is -2.32. The number of carbonyl (C=O) groups is 1. The number of hydrogen-bond acceptors (Lipinski definition) is 5. The van der Waals surface area contributed by atoms with Gasteiger partial charge in [0.2, 0.25) is 0 Å². The summed E-state index contributed by atoms with van der Waals surface area (Å²) in [5, 5.41) is 12.2. The number of hydrogen-bond donors (Lipinski definition) is 2. The fourth-order valence-electron chi connectivity index (χ4n) is 2.04. The Labute approximate surface area is 145 Å². The molecule has 0 aromatic heterocycles. The molecule has 0 radical (unpaired) electrons. The maximum Gasteiger partial charge on any atom is 0.324 e. The predicted octanol–water partition coefficient (Wildman–Crippen LogP) is 2.97. The number of benzene rings is 1. The molecule has 6 heteroatoms. The number of methoxy groups -OCH3 is 1. The molecule has 0 amide bonds. The van der Waals surface area contributed by atoms with Crippen LogP contribution in [0.2, 0.25) is 0 Å². The van der Waals surface area contributed by atoms with Gasteiger partial charge in [0, 0.05) is 22.4 Å². The van der Waals surface area contributed by atoms with E-state index in [1.165, 1.54) is 7.11 Å². The summed E-state index contributed by atoms with van der Waals surface area (Å²) < 4.78 is 5.65. The monoisotopic (exact) mass is 389 g/mol. The SMILES string of the molecule is COC(=O)[C@H](NCc1ccc(Br)cc1)C(C)(C)SCCCO. The molecule has 0 aliphatic carbocycles. The molecule has 0 aliphatic rings. The van der Waals surface area contributed by atoms with Crippen LogP contribution in [0.4, 0.5) is 0 Å². The van der Waals surface area contributed by atoms with E-state index in [-0.39, 0.29) is 17.3 Å². The number of halogens is 1. The first-order valence-corrected chi connectivity index (χ1v) is 8.99. The van der Waals surface area contributed by atoms with E-state index in [4.69, 9.17) is 9.84 Å². The molecule has 0 saturated carbocycles. The van der Waals surface area contributed by atoms with Gasteiger partial charge in [-0.15, -0.1) is 0 Å². The van der Waals surface area contributed by atoms with Crippen LogP contribution in [0.1, 0.15) is 25.8 Å². The Balaban J connectivity index is 2.71. The van der Waals surface area contributed by atoms with Gasteiger partial charge in [-0.25, -0.2) is 0 Å². The topological polar surface area (TPSA) is 58.6 Å². The quantitative estimate of drug-likeness (QED) is 0.502. The molecule has 1 rings (SSSR count). The third-order valence-electron chi connectivity index (χ3n) is 3.33. The minimum atomic E-state index is -0.412. The second-order valence-electron chi connectivity index (χ2n) is 5.49. The standard InChI is InChI=1S/C16H24BrNO3S/c1-16(2,22-10-4-9-19)14(15(20)21-3)18-11-12-5-7-13(17)8-6-12/h5-8,14,18-19H,4,9-11H2,1-3H3/t14-/m0/s1. The van der Waals surface area contributed by atoms with Gasteiger partial charge in [-0.2, -0.15) is 11.8 Å². The molecule has 22 heavy (non-hydrogen) atoms. The second kappa shape index (κ2) is 9.55. The van der Waals surface area contributed by atoms with Crippen molar-refractivity contribution in [2.24, 2.45) is 0 Å². The Kier molecular flexibility index (Phi) is 8.46. The van der Waals surface area contributed by atoms with Crippen molar-refractivity contribution in [3.8, 4) is 0 Å². The van der Waals surface area contributed by atoms with Crippen LogP contribution in [-0.4, -0.2) is 41.3 Å². The molecule has 1 aromatic carbocycles. The van der Waals surface area contributed by atoms with Gasteiger partial charge in [0.15, 0.2) is 0 Å². The lowest BCUT2D eigenvalue weighted by Crippen LogP contribution is -2.50. The summed E-state index contributed by atoms with van der Waals surface area (Å²) >= 11 is 5.07. The van der Waals surface area contributed by atoms with Crippen LogP contribution >= 0.6 is 27.7 Å². The minimum Gasteiger partial charge on any atom is -0.468 e. The van der Waals surface area contributed by atoms with Crippen molar-refractivity contribution in [2.75, 3.05) is 19.5 Å². The third kappa shape index (κ3) is 6.28. The molecule has 0 bridgehead atoms. The maximum atomic E-state index is 12.1. The Morgan fingerprint density at radius 3 is 2.59 bits per heavy atom. The molecule has 0 saturated heterocycles. The molecule has 0 heterocycles. The van der Waals surface area contributed by atoms with Crippen LogP contribution in [0.15, 0.2) is 28.7 Å². The van der Waals surface area contributed by atoms with Crippen LogP contribution in [0.25, 0.3) is 0 Å². The summed E-state index contributed by atoms with van der Waals surface area (Å²) in [5.74, 6) is 0.537. The zero-order valence-electron chi connectivity index (χ0n) is 13.3. The van der Waals surface area contributed by atoms with Crippen molar-refractivity contribution in [1.29, 1.82) is 0 Å². The van der Waals surface area contributed by atoms with E-state index in [9.17, 15) is 4.79 Å². The van der Waals surface area contributed by atoms with Crippen LogP contribution in [0.5, 0.6) is 0 Å². The van der Waals surface area contributed by atoms with Crippen LogP contribution in [0, 0.1) is 0 Å². The average Bonchev–Trinajstić information content (AvgIpc) is 2.49. The smallest absolute Gasteiger partial charge is 0.324 e. The molecular formula is C16H24BrNO3S. The van der Waals surface area contributed by atoms with Gasteiger partial charge in [-0.05, 0) is 43.7 Å². The van der Waals surface area contributed by atoms with Crippen LogP contribution < -0.4 is 5.32 Å². The first-order chi connectivity index (χ1) is 10.4. The van der Waals surface area contributed by atoms with E-state index in [1.807, 2.05) is 38.1 Å². The van der Waals surface area contributed by atoms with E-state index in [1.54, 1.807) is 11.8 Å². The Hall–Kier alpha value is -0.560. The summed E-state index contributed by atoms with van der Waals surface area (Å²) in [6.45, 7) is 4.80. The fraction of sp³-hybridized carbons (Fsp3) is 0.562. The van der Waals surface area contributed by atoms with Gasteiger partial charge >= 0.3 is 5.97 Å². The zero-order chi connectivity index (χ0) is 16.6. The molecular weight excluding hydrogens is 366 g/mol. The number of ether oxygens (including phenoxy) is 1. The van der Waals surface area contributed by atoms with Gasteiger partial charge in [-0.3, -0.25) is 10.1 Å². The van der Waals surface area contributed by atoms with Crippen LogP contribution in [-0.2, 0) is 16.1 Å². The highest BCUT2D eigenvalue weighted by atomic mass is 79.9. The molecule has 2 N–H and O–H groups in total. The van der Waals surface area contributed by atoms with E-state index >= 15 is 0 Å². The Bertz CT molecular complexity index is 465. The highest BCUT2D eigenvalue weighted by molar-refractivity contribution is 9.10. The normalized spacial score (nSPS) is 13.0. The number of esters is 1. The lowest BCUT2D eigenvalue weighted by atomic mass is 10.0. The number of aliphatic hydroxyl groups excluding tert-OH is 1. The highest BCUT2D eigenvalue weighted by Gasteiger charge is 2.36. The van der Waals surface area contributed by atoms with Crippen molar-refractivity contribution in [3.05, 3.63) is 34.3 Å². The van der Waals surface area contributed by atoms with E-state index in [0.717, 1.165) is 15.8 Å². The minimum absolute atomic E-state index is 0.165. The highest BCUT2D eigenvalue weighted by Crippen LogP contribution is 2.29. The summed E-state index contributed by atoms with van der Waals surface area (Å²) in [6.07, 6.45) is 0.717. The van der Waals surface area contributed by atoms with Gasteiger partial charge < -0.3 is 9.84 Å². The van der Waals surface area contributed by atoms with E-state index in [2.05, 4.69) is 21.2 Å². The van der Waals surface area contributed by atoms with Gasteiger partial charge in [0.05, 0.1) is 7.11 Å². The van der Waals surface area contributed by atoms with Crippen molar-refractivity contribution in [2.45, 2.75) is 37.6 Å². The molecule has 4 nitrogen and oxygen atoms in total. The molecule has 0 unspecified atom stereocenters. The molecule has 1 aromatic rings. The average molecular weight is 390 g/mol. The number of nitrogens with one attached hydrogen (secondary N) is 1. The first kappa shape index (κ1) is 19.5. The summed E-state index contributed by atoms with van der Waals surface area (Å²) in [4.78, 5) is 12.1. The summed E-state index contributed by atoms with van der Waals surface area (Å²) in [6, 6.07) is 7.57. The van der Waals surface area contributed by atoms with Crippen molar-refractivity contribution in [3.63, 3.8) is 0 Å². The number of rotatable bonds is 9. The van der Waals surface area contributed by atoms with Crippen molar-refractivity contribution in [1.82, 2.24) is 5.32 Å². The van der Waals surface area contributed by atoms with Crippen LogP contribution in [0.3, 0.4) is 0 Å². The Morgan fingerprint density at radius 1 is 1.41 bits per heavy atom. The largest absolute Gasteiger partial charge is 0.468 e. The number of carbonyl (C=O) groups excluding carboxylic acids is 1. The second-order valence-corrected chi connectivity index (χ2v) is 8.16. The number of thioether (sulfide) groups is 1. The van der Waals surface area contributed by atoms with E-state index in [0.29, 0.717) is 13.0 Å². The molecule has 0 spiro atoms. The molecule has 0 aliphatic heterocycles. The summed E-state index contributed by atoms with van der Waals surface area (Å²) in [5.41, 5.74) is 1.10. The Morgan fingerprint density at radius 2 is 2.05 bits per heavy atom. The van der Waals surface area contributed by atoms with Gasteiger partial charge in [0.25, 0.3) is 0 Å². The summed E-state index contributed by atoms with van der Waals surface area (Å²) in [7, 11) is 1.41. The fourth-order valence-corrected chi connectivity index (χ4v) is 3.45. The molecule has 0 fully saturated rings. The van der Waals surface area contributed by atoms with Gasteiger partial charge in [-0.1, -0.05) is 28.1 Å². The third-order valence-corrected chi connectivity index (χ3v) is 5.33. The zero-order valence-corrected chi connectivity index (χ0v) is 15.7. The van der Waals surface area contributed by atoms with Crippen molar-refractivity contribution >= 4 is 33.7 Å². The van der Waals surface area contributed by atoms with Crippen molar-refractivity contribution < 1.29 is 14.6 Å². The van der Waals surface area contributed by atoms with E-state index < -0.39 is 6.04 Å². The number of aliphatic hydroxyl groups is 1. The molecule has 124 valence electrons. The van der Waals surface area contributed by atoms with Gasteiger partial charge in [0.1, 0.15) is 6.04 Å². The lowest BCUT2D eigenvalue weighted by molar-refractivity contribution is -0.143. The molecule has 1 atom stereocenters.